The monoisotopic (exact) mass is 351 g/mol. The molecule has 1 aromatic rings. The van der Waals surface area contributed by atoms with Gasteiger partial charge in [0, 0.05) is 37.3 Å². The Labute approximate surface area is 146 Å². The topological polar surface area (TPSA) is 38.8 Å². The summed E-state index contributed by atoms with van der Waals surface area (Å²) in [4.78, 5) is 14.9. The van der Waals surface area contributed by atoms with Crippen molar-refractivity contribution in [2.75, 3.05) is 19.8 Å². The molecule has 0 radical (unpaired) electrons. The van der Waals surface area contributed by atoms with Gasteiger partial charge in [0.25, 0.3) is 0 Å². The molecule has 4 rings (SSSR count). The summed E-state index contributed by atoms with van der Waals surface area (Å²) in [5, 5.41) is 0. The second-order valence-electron chi connectivity index (χ2n) is 7.52. The van der Waals surface area contributed by atoms with Crippen LogP contribution in [0.3, 0.4) is 0 Å². The van der Waals surface area contributed by atoms with Crippen molar-refractivity contribution in [3.8, 4) is 5.75 Å². The average molecular weight is 351 g/mol. The van der Waals surface area contributed by atoms with E-state index in [-0.39, 0.29) is 37.5 Å². The van der Waals surface area contributed by atoms with Crippen LogP contribution in [0.1, 0.15) is 37.7 Å². The highest BCUT2D eigenvalue weighted by atomic mass is 19.3. The molecule has 2 heterocycles. The molecule has 0 N–H and O–H groups in total. The van der Waals surface area contributed by atoms with Crippen molar-refractivity contribution in [1.29, 1.82) is 0 Å². The first-order valence-electron chi connectivity index (χ1n) is 8.98. The summed E-state index contributed by atoms with van der Waals surface area (Å²) in [5.41, 5.74) is 0.432. The Morgan fingerprint density at radius 3 is 2.64 bits per heavy atom. The highest BCUT2D eigenvalue weighted by molar-refractivity contribution is 5.79. The molecule has 1 aromatic carbocycles. The van der Waals surface area contributed by atoms with Crippen LogP contribution in [0, 0.1) is 5.92 Å². The van der Waals surface area contributed by atoms with Gasteiger partial charge in [-0.2, -0.15) is 0 Å². The second kappa shape index (κ2) is 6.24. The molecule has 25 heavy (non-hydrogen) atoms. The SMILES string of the molecule is O=C(C1CCC(F)(F)CC1)N1Cc2ccccc2OC2(CCOC2)C1. The molecular formula is C19H23F2NO3. The minimum Gasteiger partial charge on any atom is -0.483 e. The van der Waals surface area contributed by atoms with E-state index in [1.807, 2.05) is 24.3 Å². The number of hydrogen-bond acceptors (Lipinski definition) is 3. The van der Waals surface area contributed by atoms with Gasteiger partial charge in [-0.15, -0.1) is 0 Å². The standard InChI is InChI=1S/C19H23F2NO3/c20-19(21)7-5-14(6-8-19)17(23)22-11-15-3-1-2-4-16(15)25-18(12-22)9-10-24-13-18/h1-4,14H,5-13H2. The number of nitrogens with zero attached hydrogens (tertiary/aromatic N) is 1. The van der Waals surface area contributed by atoms with Crippen LogP contribution in [0.5, 0.6) is 5.75 Å². The van der Waals surface area contributed by atoms with E-state index in [0.29, 0.717) is 26.3 Å². The summed E-state index contributed by atoms with van der Waals surface area (Å²) in [6.45, 7) is 1.98. The van der Waals surface area contributed by atoms with E-state index >= 15 is 0 Å². The van der Waals surface area contributed by atoms with Gasteiger partial charge in [-0.05, 0) is 18.9 Å². The van der Waals surface area contributed by atoms with Gasteiger partial charge in [0.15, 0.2) is 5.60 Å². The minimum atomic E-state index is -2.62. The number of hydrogen-bond donors (Lipinski definition) is 0. The Bertz CT molecular complexity index is 648. The first-order valence-corrected chi connectivity index (χ1v) is 8.98. The number of amides is 1. The van der Waals surface area contributed by atoms with E-state index in [9.17, 15) is 13.6 Å². The second-order valence-corrected chi connectivity index (χ2v) is 7.52. The van der Waals surface area contributed by atoms with Gasteiger partial charge in [0.2, 0.25) is 11.8 Å². The van der Waals surface area contributed by atoms with Gasteiger partial charge >= 0.3 is 0 Å². The number of halogens is 2. The van der Waals surface area contributed by atoms with Crippen LogP contribution in [0.2, 0.25) is 0 Å². The lowest BCUT2D eigenvalue weighted by Crippen LogP contribution is -2.50. The number of fused-ring (bicyclic) bond motifs is 1. The number of para-hydroxylation sites is 1. The van der Waals surface area contributed by atoms with Crippen LogP contribution in [0.25, 0.3) is 0 Å². The molecule has 6 heteroatoms. The lowest BCUT2D eigenvalue weighted by atomic mass is 9.85. The van der Waals surface area contributed by atoms with E-state index in [1.165, 1.54) is 0 Å². The summed E-state index contributed by atoms with van der Waals surface area (Å²) in [6.07, 6.45) is 0.855. The first-order chi connectivity index (χ1) is 12.0. The number of rotatable bonds is 1. The van der Waals surface area contributed by atoms with Crippen molar-refractivity contribution in [3.63, 3.8) is 0 Å². The largest absolute Gasteiger partial charge is 0.483 e. The molecule has 2 aliphatic heterocycles. The summed E-state index contributed by atoms with van der Waals surface area (Å²) in [5.74, 6) is -2.17. The van der Waals surface area contributed by atoms with Crippen LogP contribution in [-0.4, -0.2) is 42.1 Å². The molecular weight excluding hydrogens is 328 g/mol. The van der Waals surface area contributed by atoms with Gasteiger partial charge in [-0.25, -0.2) is 8.78 Å². The molecule has 4 nitrogen and oxygen atoms in total. The molecule has 1 saturated heterocycles. The summed E-state index contributed by atoms with van der Waals surface area (Å²) in [6, 6.07) is 7.72. The Kier molecular flexibility index (Phi) is 4.18. The molecule has 1 amide bonds. The molecule has 136 valence electrons. The van der Waals surface area contributed by atoms with Crippen molar-refractivity contribution in [2.45, 2.75) is 50.2 Å². The Balaban J connectivity index is 1.57. The van der Waals surface area contributed by atoms with Crippen molar-refractivity contribution in [2.24, 2.45) is 5.92 Å². The molecule has 1 unspecified atom stereocenters. The van der Waals surface area contributed by atoms with E-state index in [2.05, 4.69) is 0 Å². The van der Waals surface area contributed by atoms with Crippen LogP contribution in [0.15, 0.2) is 24.3 Å². The normalized spacial score (nSPS) is 29.1. The van der Waals surface area contributed by atoms with Gasteiger partial charge in [0.05, 0.1) is 19.8 Å². The van der Waals surface area contributed by atoms with E-state index in [0.717, 1.165) is 17.7 Å². The predicted molar refractivity (Wildman–Crippen MR) is 87.6 cm³/mol. The summed E-state index contributed by atoms with van der Waals surface area (Å²) < 4.78 is 38.7. The zero-order valence-corrected chi connectivity index (χ0v) is 14.2. The van der Waals surface area contributed by atoms with Crippen LogP contribution < -0.4 is 4.74 Å². The maximum Gasteiger partial charge on any atom is 0.248 e. The fourth-order valence-corrected chi connectivity index (χ4v) is 4.10. The third kappa shape index (κ3) is 3.36. The zero-order chi connectivity index (χ0) is 17.5. The number of carbonyl (C=O) groups is 1. The van der Waals surface area contributed by atoms with Crippen molar-refractivity contribution < 1.29 is 23.0 Å². The first kappa shape index (κ1) is 16.8. The number of ether oxygens (including phenoxy) is 2. The van der Waals surface area contributed by atoms with Crippen LogP contribution in [0.4, 0.5) is 8.78 Å². The Hall–Kier alpha value is -1.69. The van der Waals surface area contributed by atoms with Crippen molar-refractivity contribution in [1.82, 2.24) is 4.90 Å². The summed E-state index contributed by atoms with van der Waals surface area (Å²) >= 11 is 0. The lowest BCUT2D eigenvalue weighted by Gasteiger charge is -2.35. The number of carbonyl (C=O) groups excluding carboxylic acids is 1. The summed E-state index contributed by atoms with van der Waals surface area (Å²) in [7, 11) is 0. The Morgan fingerprint density at radius 2 is 1.92 bits per heavy atom. The number of benzene rings is 1. The molecule has 1 saturated carbocycles. The third-order valence-electron chi connectivity index (χ3n) is 5.58. The quantitative estimate of drug-likeness (QED) is 0.778. The zero-order valence-electron chi connectivity index (χ0n) is 14.2. The van der Waals surface area contributed by atoms with E-state index < -0.39 is 11.5 Å². The van der Waals surface area contributed by atoms with Gasteiger partial charge < -0.3 is 14.4 Å². The van der Waals surface area contributed by atoms with E-state index in [4.69, 9.17) is 9.47 Å². The minimum absolute atomic E-state index is 0.0259. The predicted octanol–water partition coefficient (Wildman–Crippen LogP) is 3.39. The van der Waals surface area contributed by atoms with Crippen molar-refractivity contribution in [3.05, 3.63) is 29.8 Å². The maximum atomic E-state index is 13.4. The molecule has 1 aliphatic carbocycles. The van der Waals surface area contributed by atoms with Crippen LogP contribution in [-0.2, 0) is 16.1 Å². The molecule has 2 fully saturated rings. The van der Waals surface area contributed by atoms with Crippen LogP contribution >= 0.6 is 0 Å². The van der Waals surface area contributed by atoms with Gasteiger partial charge in [0.1, 0.15) is 5.75 Å². The van der Waals surface area contributed by atoms with E-state index in [1.54, 1.807) is 4.90 Å². The van der Waals surface area contributed by atoms with Gasteiger partial charge in [-0.3, -0.25) is 4.79 Å². The highest BCUT2D eigenvalue weighted by Crippen LogP contribution is 2.39. The molecule has 0 bridgehead atoms. The molecule has 1 spiro atoms. The molecule has 1 atom stereocenters. The fourth-order valence-electron chi connectivity index (χ4n) is 4.10. The molecule has 0 aromatic heterocycles. The highest BCUT2D eigenvalue weighted by Gasteiger charge is 2.45. The average Bonchev–Trinajstić information content (AvgIpc) is 2.96. The smallest absolute Gasteiger partial charge is 0.248 e. The third-order valence-corrected chi connectivity index (χ3v) is 5.58. The van der Waals surface area contributed by atoms with Gasteiger partial charge in [-0.1, -0.05) is 18.2 Å². The van der Waals surface area contributed by atoms with Crippen molar-refractivity contribution >= 4 is 5.91 Å². The number of alkyl halides is 2. The Morgan fingerprint density at radius 1 is 1.16 bits per heavy atom. The maximum absolute atomic E-state index is 13.4. The molecule has 3 aliphatic rings. The fraction of sp³-hybridized carbons (Fsp3) is 0.632. The lowest BCUT2D eigenvalue weighted by molar-refractivity contribution is -0.142.